The van der Waals surface area contributed by atoms with Crippen LogP contribution >= 0.6 is 23.8 Å². The lowest BCUT2D eigenvalue weighted by atomic mass is 10.1. The molecule has 6 heteroatoms. The van der Waals surface area contributed by atoms with Gasteiger partial charge in [0.2, 0.25) is 0 Å². The molecular weight excluding hydrogens is 294 g/mol. The summed E-state index contributed by atoms with van der Waals surface area (Å²) in [6.45, 7) is 0. The van der Waals surface area contributed by atoms with Crippen LogP contribution in [-0.4, -0.2) is 33.6 Å². The molecule has 104 valence electrons. The highest BCUT2D eigenvalue weighted by molar-refractivity contribution is 7.80. The lowest BCUT2D eigenvalue weighted by Gasteiger charge is -2.07. The molecule has 1 aliphatic heterocycles. The number of carbonyl (C=O) groups is 1. The molecule has 1 unspecified atom stereocenters. The normalized spacial score (nSPS) is 18.9. The number of hydrogen-bond acceptors (Lipinski definition) is 2. The number of hydrogen-bond donors (Lipinski definition) is 1. The number of nitrogens with one attached hydrogen (secondary N) is 1. The minimum Gasteiger partial charge on any atom is -0.350 e. The highest BCUT2D eigenvalue weighted by atomic mass is 35.5. The molecule has 0 spiro atoms. The fourth-order valence-electron chi connectivity index (χ4n) is 2.66. The molecular formula is C14H14ClN3OS. The third-order valence-electron chi connectivity index (χ3n) is 3.69. The third kappa shape index (κ3) is 1.98. The zero-order valence-corrected chi connectivity index (χ0v) is 12.8. The largest absolute Gasteiger partial charge is 0.350 e. The summed E-state index contributed by atoms with van der Waals surface area (Å²) >= 11 is 11.3. The van der Waals surface area contributed by atoms with Crippen LogP contribution in [0.2, 0.25) is 5.02 Å². The smallest absolute Gasteiger partial charge is 0.251 e. The van der Waals surface area contributed by atoms with Crippen molar-refractivity contribution >= 4 is 45.7 Å². The molecule has 20 heavy (non-hydrogen) atoms. The van der Waals surface area contributed by atoms with E-state index in [1.807, 2.05) is 36.0 Å². The van der Waals surface area contributed by atoms with Crippen molar-refractivity contribution < 1.29 is 4.79 Å². The van der Waals surface area contributed by atoms with Gasteiger partial charge in [-0.1, -0.05) is 23.7 Å². The van der Waals surface area contributed by atoms with E-state index in [4.69, 9.17) is 23.8 Å². The van der Waals surface area contributed by atoms with E-state index >= 15 is 0 Å². The fourth-order valence-corrected chi connectivity index (χ4v) is 3.20. The van der Waals surface area contributed by atoms with Crippen molar-refractivity contribution in [2.24, 2.45) is 7.05 Å². The van der Waals surface area contributed by atoms with Gasteiger partial charge in [0.1, 0.15) is 6.04 Å². The third-order valence-corrected chi connectivity index (χ3v) is 4.39. The SMILES string of the molecule is CN1C(=O)C(Cc2cn(C)c3c(Cl)cccc23)NC1=S. The van der Waals surface area contributed by atoms with Crippen LogP contribution in [0.3, 0.4) is 0 Å². The van der Waals surface area contributed by atoms with E-state index in [2.05, 4.69) is 5.32 Å². The first-order chi connectivity index (χ1) is 9.49. The molecule has 0 radical (unpaired) electrons. The van der Waals surface area contributed by atoms with Gasteiger partial charge in [-0.05, 0) is 23.8 Å². The fraction of sp³-hybridized carbons (Fsp3) is 0.286. The Balaban J connectivity index is 1.99. The zero-order chi connectivity index (χ0) is 14.4. The maximum atomic E-state index is 12.1. The van der Waals surface area contributed by atoms with Crippen molar-refractivity contribution in [2.75, 3.05) is 7.05 Å². The van der Waals surface area contributed by atoms with Gasteiger partial charge in [-0.15, -0.1) is 0 Å². The summed E-state index contributed by atoms with van der Waals surface area (Å²) in [5.41, 5.74) is 2.08. The first kappa shape index (κ1) is 13.4. The van der Waals surface area contributed by atoms with E-state index in [0.717, 1.165) is 21.5 Å². The summed E-state index contributed by atoms with van der Waals surface area (Å²) in [6, 6.07) is 5.53. The molecule has 0 saturated carbocycles. The molecule has 3 rings (SSSR count). The number of halogens is 1. The number of likely N-dealkylation sites (N-methyl/N-ethyl adjacent to an activating group) is 1. The molecule has 4 nitrogen and oxygen atoms in total. The lowest BCUT2D eigenvalue weighted by Crippen LogP contribution is -2.31. The topological polar surface area (TPSA) is 37.3 Å². The van der Waals surface area contributed by atoms with Gasteiger partial charge in [-0.25, -0.2) is 0 Å². The number of nitrogens with zero attached hydrogens (tertiary/aromatic N) is 2. The summed E-state index contributed by atoms with van der Waals surface area (Å²) < 4.78 is 1.99. The quantitative estimate of drug-likeness (QED) is 0.863. The molecule has 1 fully saturated rings. The molecule has 0 aliphatic carbocycles. The summed E-state index contributed by atoms with van der Waals surface area (Å²) in [7, 11) is 3.65. The predicted molar refractivity (Wildman–Crippen MR) is 83.9 cm³/mol. The molecule has 1 aliphatic rings. The molecule has 1 aromatic carbocycles. The Hall–Kier alpha value is -1.59. The van der Waals surface area contributed by atoms with Gasteiger partial charge < -0.3 is 9.88 Å². The highest BCUT2D eigenvalue weighted by Crippen LogP contribution is 2.28. The van der Waals surface area contributed by atoms with Crippen molar-refractivity contribution in [1.82, 2.24) is 14.8 Å². The van der Waals surface area contributed by atoms with Crippen LogP contribution in [0.1, 0.15) is 5.56 Å². The Morgan fingerprint density at radius 1 is 1.40 bits per heavy atom. The second-order valence-corrected chi connectivity index (χ2v) is 5.80. The maximum absolute atomic E-state index is 12.1. The van der Waals surface area contributed by atoms with Crippen molar-refractivity contribution in [3.63, 3.8) is 0 Å². The van der Waals surface area contributed by atoms with Crippen molar-refractivity contribution in [3.8, 4) is 0 Å². The van der Waals surface area contributed by atoms with Crippen LogP contribution in [0.25, 0.3) is 10.9 Å². The van der Waals surface area contributed by atoms with Gasteiger partial charge in [0, 0.05) is 32.1 Å². The van der Waals surface area contributed by atoms with Crippen LogP contribution in [0.4, 0.5) is 0 Å². The lowest BCUT2D eigenvalue weighted by molar-refractivity contribution is -0.126. The van der Waals surface area contributed by atoms with Crippen molar-refractivity contribution in [2.45, 2.75) is 12.5 Å². The summed E-state index contributed by atoms with van der Waals surface area (Å²) in [5, 5.41) is 5.34. The van der Waals surface area contributed by atoms with Crippen LogP contribution in [0, 0.1) is 0 Å². The van der Waals surface area contributed by atoms with Crippen LogP contribution < -0.4 is 5.32 Å². The number of rotatable bonds is 2. The van der Waals surface area contributed by atoms with Gasteiger partial charge in [0.25, 0.3) is 5.91 Å². The minimum atomic E-state index is -0.294. The highest BCUT2D eigenvalue weighted by Gasteiger charge is 2.33. The number of para-hydroxylation sites is 1. The van der Waals surface area contributed by atoms with Crippen molar-refractivity contribution in [1.29, 1.82) is 0 Å². The number of aromatic nitrogens is 1. The van der Waals surface area contributed by atoms with E-state index in [0.29, 0.717) is 11.5 Å². The van der Waals surface area contributed by atoms with E-state index < -0.39 is 0 Å². The molecule has 1 atom stereocenters. The first-order valence-corrected chi connectivity index (χ1v) is 7.08. The average Bonchev–Trinajstić information content (AvgIpc) is 2.85. The second-order valence-electron chi connectivity index (χ2n) is 5.00. The molecule has 1 saturated heterocycles. The van der Waals surface area contributed by atoms with E-state index in [-0.39, 0.29) is 11.9 Å². The number of benzene rings is 1. The number of carbonyl (C=O) groups excluding carboxylic acids is 1. The van der Waals surface area contributed by atoms with Gasteiger partial charge in [0.05, 0.1) is 10.5 Å². The Kier molecular flexibility index (Phi) is 3.18. The van der Waals surface area contributed by atoms with E-state index in [9.17, 15) is 4.79 Å². The molecule has 0 bridgehead atoms. The summed E-state index contributed by atoms with van der Waals surface area (Å²) in [5.74, 6) is 0.00836. The minimum absolute atomic E-state index is 0.00836. The molecule has 2 heterocycles. The molecule has 1 amide bonds. The second kappa shape index (κ2) is 4.75. The van der Waals surface area contributed by atoms with Crippen LogP contribution in [-0.2, 0) is 18.3 Å². The van der Waals surface area contributed by atoms with Crippen LogP contribution in [0.5, 0.6) is 0 Å². The van der Waals surface area contributed by atoms with Crippen molar-refractivity contribution in [3.05, 3.63) is 35.0 Å². The van der Waals surface area contributed by atoms with Gasteiger partial charge in [-0.3, -0.25) is 9.69 Å². The number of amides is 1. The number of thiocarbonyl (C=S) groups is 1. The Morgan fingerprint density at radius 2 is 2.15 bits per heavy atom. The first-order valence-electron chi connectivity index (χ1n) is 6.29. The molecule has 2 aromatic rings. The Bertz CT molecular complexity index is 725. The molecule has 1 aromatic heterocycles. The average molecular weight is 308 g/mol. The van der Waals surface area contributed by atoms with Gasteiger partial charge in [0.15, 0.2) is 5.11 Å². The van der Waals surface area contributed by atoms with Gasteiger partial charge in [-0.2, -0.15) is 0 Å². The Morgan fingerprint density at radius 3 is 2.80 bits per heavy atom. The van der Waals surface area contributed by atoms with Crippen LogP contribution in [0.15, 0.2) is 24.4 Å². The zero-order valence-electron chi connectivity index (χ0n) is 11.2. The Labute approximate surface area is 127 Å². The summed E-state index contributed by atoms with van der Waals surface area (Å²) in [6.07, 6.45) is 2.62. The maximum Gasteiger partial charge on any atom is 0.251 e. The standard InChI is InChI=1S/C14H14ClN3OS/c1-17-7-8(9-4-3-5-10(15)12(9)17)6-11-13(19)18(2)14(20)16-11/h3-5,7,11H,6H2,1-2H3,(H,16,20). The van der Waals surface area contributed by atoms with E-state index in [1.54, 1.807) is 7.05 Å². The summed E-state index contributed by atoms with van der Waals surface area (Å²) in [4.78, 5) is 13.6. The monoisotopic (exact) mass is 307 g/mol. The number of aryl methyl sites for hydroxylation is 1. The van der Waals surface area contributed by atoms with E-state index in [1.165, 1.54) is 4.90 Å². The van der Waals surface area contributed by atoms with Gasteiger partial charge >= 0.3 is 0 Å². The molecule has 1 N–H and O–H groups in total. The predicted octanol–water partition coefficient (Wildman–Crippen LogP) is 2.09. The number of fused-ring (bicyclic) bond motifs is 1.